The van der Waals surface area contributed by atoms with E-state index in [0.29, 0.717) is 56.4 Å². The highest BCUT2D eigenvalue weighted by molar-refractivity contribution is 7.91. The molecule has 1 unspecified atom stereocenters. The minimum absolute atomic E-state index is 0.0123. The Morgan fingerprint density at radius 2 is 1.53 bits per heavy atom. The van der Waals surface area contributed by atoms with Crippen LogP contribution < -0.4 is 15.8 Å². The largest absolute Gasteiger partial charge is 0.494 e. The number of sulfone groups is 1. The van der Waals surface area contributed by atoms with Gasteiger partial charge in [-0.05, 0) is 54.3 Å². The van der Waals surface area contributed by atoms with Crippen LogP contribution in [0.2, 0.25) is 0 Å². The van der Waals surface area contributed by atoms with Crippen molar-refractivity contribution in [2.45, 2.75) is 116 Å². The molecule has 0 saturated carbocycles. The second-order valence-electron chi connectivity index (χ2n) is 11.9. The molecule has 4 atom stereocenters. The first-order valence-electron chi connectivity index (χ1n) is 16.8. The van der Waals surface area contributed by atoms with Crippen molar-refractivity contribution >= 4 is 27.6 Å². The van der Waals surface area contributed by atoms with Gasteiger partial charge in [0.15, 0.2) is 0 Å². The summed E-state index contributed by atoms with van der Waals surface area (Å²) in [6.07, 6.45) is 9.13. The maximum atomic E-state index is 13.8. The molecule has 47 heavy (non-hydrogen) atoms. The summed E-state index contributed by atoms with van der Waals surface area (Å²) in [6.45, 7) is 4.72. The third-order valence-corrected chi connectivity index (χ3v) is 9.68. The minimum Gasteiger partial charge on any atom is -0.494 e. The van der Waals surface area contributed by atoms with Gasteiger partial charge in [-0.25, -0.2) is 12.8 Å². The molecule has 0 bridgehead atoms. The molecular formula is C34H54F2N2O8S. The van der Waals surface area contributed by atoms with E-state index in [1.165, 1.54) is 6.08 Å². The lowest BCUT2D eigenvalue weighted by Crippen LogP contribution is -2.49. The summed E-state index contributed by atoms with van der Waals surface area (Å²) in [5, 5.41) is 12.2. The van der Waals surface area contributed by atoms with Gasteiger partial charge in [0.1, 0.15) is 21.6 Å². The second-order valence-corrected chi connectivity index (χ2v) is 14.2. The van der Waals surface area contributed by atoms with Crippen LogP contribution >= 0.6 is 0 Å². The molecule has 13 heteroatoms. The normalized spacial score (nSPS) is 14.4. The van der Waals surface area contributed by atoms with Gasteiger partial charge in [-0.1, -0.05) is 83.1 Å². The lowest BCUT2D eigenvalue weighted by atomic mass is 9.87. The number of allylic oxidation sites excluding steroid dienone is 1. The average Bonchev–Trinajstić information content (AvgIpc) is 3.03. The molecule has 0 heterocycles. The molecule has 0 aliphatic carbocycles. The van der Waals surface area contributed by atoms with Crippen LogP contribution in [0.3, 0.4) is 0 Å². The van der Waals surface area contributed by atoms with E-state index in [-0.39, 0.29) is 17.9 Å². The molecule has 0 radical (unpaired) electrons. The van der Waals surface area contributed by atoms with Crippen LogP contribution in [0.25, 0.3) is 0 Å². The monoisotopic (exact) mass is 688 g/mol. The van der Waals surface area contributed by atoms with Crippen molar-refractivity contribution in [3.05, 3.63) is 42.0 Å². The molecule has 0 aliphatic rings. The number of amides is 2. The molecular weight excluding hydrogens is 634 g/mol. The second kappa shape index (κ2) is 24.1. The zero-order valence-electron chi connectivity index (χ0n) is 27.8. The van der Waals surface area contributed by atoms with Crippen LogP contribution in [0.15, 0.2) is 36.4 Å². The summed E-state index contributed by atoms with van der Waals surface area (Å²) >= 11 is 0. The van der Waals surface area contributed by atoms with E-state index < -0.39 is 58.3 Å². The van der Waals surface area contributed by atoms with E-state index in [1.54, 1.807) is 30.3 Å². The number of aliphatic carboxylic acids is 1. The van der Waals surface area contributed by atoms with Gasteiger partial charge in [0.2, 0.25) is 18.2 Å². The number of halogens is 2. The smallest absolute Gasteiger partial charge is 0.307 e. The minimum atomic E-state index is -3.08. The number of carbonyl (C=O) groups excluding carboxylic acids is 2. The number of nitrogens with two attached hydrogens (primary N) is 1. The van der Waals surface area contributed by atoms with E-state index in [1.807, 2.05) is 6.92 Å². The van der Waals surface area contributed by atoms with Gasteiger partial charge >= 0.3 is 5.97 Å². The van der Waals surface area contributed by atoms with Gasteiger partial charge in [-0.15, -0.1) is 0 Å². The van der Waals surface area contributed by atoms with Crippen molar-refractivity contribution in [2.24, 2.45) is 17.6 Å². The number of alkyl halides is 1. The number of carbonyl (C=O) groups is 3. The Hall–Kier alpha value is -3.06. The molecule has 0 spiro atoms. The first-order valence-corrected chi connectivity index (χ1v) is 18.6. The van der Waals surface area contributed by atoms with Crippen LogP contribution in [0.4, 0.5) is 8.92 Å². The first kappa shape index (κ1) is 42.0. The molecule has 10 nitrogen and oxygen atoms in total. The van der Waals surface area contributed by atoms with Crippen molar-refractivity contribution < 1.29 is 46.5 Å². The number of hydrogen-bond acceptors (Lipinski definition) is 7. The fourth-order valence-electron chi connectivity index (χ4n) is 5.03. The third-order valence-electron chi connectivity index (χ3n) is 7.86. The summed E-state index contributed by atoms with van der Waals surface area (Å²) in [5.41, 5.74) is 6.21. The highest BCUT2D eigenvalue weighted by atomic mass is 32.2. The molecule has 0 saturated heterocycles. The fraction of sp³-hybridized carbons (Fsp3) is 0.676. The Morgan fingerprint density at radius 1 is 0.936 bits per heavy atom. The topological polar surface area (TPSA) is 162 Å². The summed E-state index contributed by atoms with van der Waals surface area (Å²) in [6, 6.07) is 5.69. The summed E-state index contributed by atoms with van der Waals surface area (Å²) < 4.78 is 56.4. The predicted octanol–water partition coefficient (Wildman–Crippen LogP) is 6.17. The Bertz CT molecular complexity index is 1180. The number of hydrogen-bond donors (Lipinski definition) is 3. The number of carboxylic acid groups (broad SMARTS) is 1. The Labute approximate surface area is 278 Å². The van der Waals surface area contributed by atoms with E-state index in [2.05, 4.69) is 17.2 Å². The molecule has 1 aromatic rings. The van der Waals surface area contributed by atoms with Gasteiger partial charge in [0, 0.05) is 12.8 Å². The molecule has 268 valence electrons. The predicted molar refractivity (Wildman–Crippen MR) is 178 cm³/mol. The number of benzene rings is 1. The lowest BCUT2D eigenvalue weighted by Gasteiger charge is -2.24. The number of nitrogens with one attached hydrogen (secondary N) is 1. The Morgan fingerprint density at radius 3 is 2.09 bits per heavy atom. The lowest BCUT2D eigenvalue weighted by molar-refractivity contribution is -0.232. The Kier molecular flexibility index (Phi) is 21.5. The molecule has 0 fully saturated rings. The molecule has 4 N–H and O–H groups in total. The van der Waals surface area contributed by atoms with Crippen LogP contribution in [-0.2, 0) is 35.6 Å². The number of carboxylic acids is 1. The number of rotatable bonds is 28. The molecule has 1 aromatic carbocycles. The van der Waals surface area contributed by atoms with E-state index >= 15 is 0 Å². The van der Waals surface area contributed by atoms with E-state index in [9.17, 15) is 36.8 Å². The standard InChI is InChI=1S/C34H54F2N2O8S/c1-3-5-7-11-14-22-47(43,44)23-15-12-9-8-10-13-16-28(29(34(41)42)25-31(35)46-36)33(40)38-30(32(37)39)24-26-17-19-27(20-18-26)45-21-6-4-2/h13,16-20,28-31H,3-12,14-15,21-25H2,1-2H3,(H2,37,39)(H,38,40)(H,41,42)/b16-13+/t28-,29+,30-,31?/m0/s1. The maximum Gasteiger partial charge on any atom is 0.307 e. The van der Waals surface area contributed by atoms with Gasteiger partial charge in [-0.3, -0.25) is 14.4 Å². The van der Waals surface area contributed by atoms with Gasteiger partial charge in [0.25, 0.3) is 0 Å². The van der Waals surface area contributed by atoms with Crippen molar-refractivity contribution in [3.8, 4) is 5.75 Å². The van der Waals surface area contributed by atoms with Gasteiger partial charge in [-0.2, -0.15) is 4.94 Å². The Balaban J connectivity index is 2.80. The van der Waals surface area contributed by atoms with Crippen molar-refractivity contribution in [1.29, 1.82) is 0 Å². The third kappa shape index (κ3) is 18.8. The zero-order chi connectivity index (χ0) is 35.1. The number of primary amides is 1. The van der Waals surface area contributed by atoms with Crippen LogP contribution in [0, 0.1) is 11.8 Å². The zero-order valence-corrected chi connectivity index (χ0v) is 28.7. The van der Waals surface area contributed by atoms with Crippen molar-refractivity contribution in [1.82, 2.24) is 5.32 Å². The molecule has 0 aromatic heterocycles. The van der Waals surface area contributed by atoms with Crippen LogP contribution in [0.5, 0.6) is 5.75 Å². The van der Waals surface area contributed by atoms with E-state index in [0.717, 1.165) is 38.5 Å². The average molecular weight is 689 g/mol. The number of unbranched alkanes of at least 4 members (excludes halogenated alkanes) is 9. The van der Waals surface area contributed by atoms with Gasteiger partial charge < -0.3 is 20.9 Å². The van der Waals surface area contributed by atoms with E-state index in [4.69, 9.17) is 10.5 Å². The fourth-order valence-corrected chi connectivity index (χ4v) is 6.52. The molecule has 2 amide bonds. The molecule has 1 rings (SSSR count). The highest BCUT2D eigenvalue weighted by Gasteiger charge is 2.36. The quantitative estimate of drug-likeness (QED) is 0.0695. The molecule has 0 aliphatic heterocycles. The number of ether oxygens (including phenoxy) is 1. The highest BCUT2D eigenvalue weighted by Crippen LogP contribution is 2.24. The summed E-state index contributed by atoms with van der Waals surface area (Å²) in [5.74, 6) is -5.46. The van der Waals surface area contributed by atoms with Crippen molar-refractivity contribution in [2.75, 3.05) is 18.1 Å². The van der Waals surface area contributed by atoms with Crippen molar-refractivity contribution in [3.63, 3.8) is 0 Å². The summed E-state index contributed by atoms with van der Waals surface area (Å²) in [7, 11) is -3.08. The van der Waals surface area contributed by atoms with Gasteiger partial charge in [0.05, 0.1) is 29.9 Å². The first-order chi connectivity index (χ1) is 22.4. The summed E-state index contributed by atoms with van der Waals surface area (Å²) in [4.78, 5) is 40.7. The SMILES string of the molecule is CCCCCCCS(=O)(=O)CCCCCC/C=C/[C@H](C(=O)N[C@@H](Cc1ccc(OCCCC)cc1)C(N)=O)[C@@H](CC(F)OF)C(=O)O. The van der Waals surface area contributed by atoms with Crippen LogP contribution in [0.1, 0.15) is 103 Å². The maximum absolute atomic E-state index is 13.8. The van der Waals surface area contributed by atoms with Crippen LogP contribution in [-0.4, -0.2) is 61.8 Å².